The minimum atomic E-state index is -0.446. The molecule has 0 aliphatic carbocycles. The highest BCUT2D eigenvalue weighted by Gasteiger charge is 2.16. The monoisotopic (exact) mass is 380 g/mol. The van der Waals surface area contributed by atoms with Crippen LogP contribution in [0.3, 0.4) is 0 Å². The van der Waals surface area contributed by atoms with Gasteiger partial charge in [0.15, 0.2) is 4.80 Å². The number of anilines is 1. The van der Waals surface area contributed by atoms with Crippen LogP contribution in [0.1, 0.15) is 11.1 Å². The van der Waals surface area contributed by atoms with Gasteiger partial charge in [-0.1, -0.05) is 35.6 Å². The molecule has 0 radical (unpaired) electrons. The van der Waals surface area contributed by atoms with Crippen molar-refractivity contribution in [1.82, 2.24) is 4.57 Å². The molecule has 27 heavy (non-hydrogen) atoms. The molecule has 136 valence electrons. The molecule has 0 unspecified atom stereocenters. The van der Waals surface area contributed by atoms with Crippen LogP contribution in [0.4, 0.5) is 11.4 Å². The predicted octanol–water partition coefficient (Wildman–Crippen LogP) is 2.01. The Labute approximate surface area is 158 Å². The number of nitro benzene ring substituents is 1. The number of aryl methyl sites for hydroxylation is 1. The Bertz CT molecular complexity index is 1210. The van der Waals surface area contributed by atoms with E-state index in [9.17, 15) is 14.9 Å². The normalized spacial score (nSPS) is 14.0. The van der Waals surface area contributed by atoms with E-state index in [-0.39, 0.29) is 11.2 Å². The van der Waals surface area contributed by atoms with Crippen LogP contribution in [0.5, 0.6) is 0 Å². The molecule has 0 saturated carbocycles. The molecule has 4 rings (SSSR count). The van der Waals surface area contributed by atoms with E-state index in [1.165, 1.54) is 23.5 Å². The van der Waals surface area contributed by atoms with Crippen LogP contribution in [0, 0.1) is 17.0 Å². The van der Waals surface area contributed by atoms with Crippen molar-refractivity contribution in [1.29, 1.82) is 0 Å². The van der Waals surface area contributed by atoms with Gasteiger partial charge >= 0.3 is 0 Å². The number of fused-ring (bicyclic) bond motifs is 1. The number of thiazole rings is 1. The third-order valence-corrected chi connectivity index (χ3v) is 5.37. The maximum Gasteiger partial charge on any atom is 0.271 e. The van der Waals surface area contributed by atoms with E-state index in [2.05, 4.69) is 11.1 Å². The molecule has 2 heterocycles. The lowest BCUT2D eigenvalue weighted by Gasteiger charge is -2.25. The molecule has 0 amide bonds. The van der Waals surface area contributed by atoms with Crippen LogP contribution < -0.4 is 19.8 Å². The molecule has 1 aliphatic rings. The summed E-state index contributed by atoms with van der Waals surface area (Å²) < 4.78 is 2.15. The molecule has 0 spiro atoms. The maximum atomic E-state index is 12.8. The lowest BCUT2D eigenvalue weighted by Crippen LogP contribution is -2.42. The quantitative estimate of drug-likeness (QED) is 0.514. The van der Waals surface area contributed by atoms with Gasteiger partial charge in [-0.05, 0) is 36.3 Å². The molecule has 7 nitrogen and oxygen atoms in total. The summed E-state index contributed by atoms with van der Waals surface area (Å²) in [5.74, 6) is 0. The Morgan fingerprint density at radius 1 is 1.22 bits per heavy atom. The van der Waals surface area contributed by atoms with E-state index < -0.39 is 4.92 Å². The predicted molar refractivity (Wildman–Crippen MR) is 105 cm³/mol. The number of rotatable bonds is 3. The van der Waals surface area contributed by atoms with Crippen LogP contribution >= 0.6 is 11.3 Å². The summed E-state index contributed by atoms with van der Waals surface area (Å²) in [6, 6.07) is 14.3. The largest absolute Gasteiger partial charge is 0.334 e. The van der Waals surface area contributed by atoms with Gasteiger partial charge in [-0.3, -0.25) is 19.5 Å². The van der Waals surface area contributed by atoms with Crippen LogP contribution in [-0.2, 0) is 6.67 Å². The van der Waals surface area contributed by atoms with E-state index in [0.29, 0.717) is 28.2 Å². The van der Waals surface area contributed by atoms with Crippen molar-refractivity contribution < 1.29 is 4.92 Å². The fourth-order valence-corrected chi connectivity index (χ4v) is 3.94. The third-order valence-electron chi connectivity index (χ3n) is 4.32. The van der Waals surface area contributed by atoms with E-state index in [4.69, 9.17) is 0 Å². The smallest absolute Gasteiger partial charge is 0.271 e. The zero-order valence-corrected chi connectivity index (χ0v) is 15.3. The summed E-state index contributed by atoms with van der Waals surface area (Å²) in [5.41, 5.74) is 2.65. The summed E-state index contributed by atoms with van der Waals surface area (Å²) in [6.07, 6.45) is 1.68. The number of aromatic nitrogens is 1. The lowest BCUT2D eigenvalue weighted by atomic mass is 10.2. The van der Waals surface area contributed by atoms with E-state index in [1.54, 1.807) is 22.8 Å². The van der Waals surface area contributed by atoms with Crippen molar-refractivity contribution in [2.75, 3.05) is 11.6 Å². The van der Waals surface area contributed by atoms with Crippen molar-refractivity contribution in [3.8, 4) is 0 Å². The highest BCUT2D eigenvalue weighted by atomic mass is 32.1. The highest BCUT2D eigenvalue weighted by Crippen LogP contribution is 2.17. The number of non-ortho nitro benzene ring substituents is 1. The van der Waals surface area contributed by atoms with E-state index in [0.717, 1.165) is 11.3 Å². The summed E-state index contributed by atoms with van der Waals surface area (Å²) >= 11 is 1.30. The average molecular weight is 380 g/mol. The van der Waals surface area contributed by atoms with Crippen molar-refractivity contribution in [3.05, 3.63) is 89.5 Å². The van der Waals surface area contributed by atoms with Crippen molar-refractivity contribution >= 4 is 28.8 Å². The third kappa shape index (κ3) is 3.39. The Morgan fingerprint density at radius 2 is 2.04 bits per heavy atom. The molecule has 0 N–H and O–H groups in total. The molecule has 2 aromatic carbocycles. The van der Waals surface area contributed by atoms with Gasteiger partial charge in [0, 0.05) is 17.8 Å². The molecule has 0 atom stereocenters. The number of benzene rings is 2. The van der Waals surface area contributed by atoms with Crippen molar-refractivity contribution in [3.63, 3.8) is 0 Å². The zero-order chi connectivity index (χ0) is 19.0. The van der Waals surface area contributed by atoms with Gasteiger partial charge in [-0.15, -0.1) is 0 Å². The Kier molecular flexibility index (Phi) is 4.33. The van der Waals surface area contributed by atoms with Crippen LogP contribution in [0.15, 0.2) is 58.3 Å². The van der Waals surface area contributed by atoms with Gasteiger partial charge < -0.3 is 4.90 Å². The van der Waals surface area contributed by atoms with Crippen LogP contribution in [0.25, 0.3) is 6.08 Å². The SMILES string of the molecule is Cc1cccc(N2CN=c3s/c(=C\c4cccc([N+](=O)[O-])c4)c(=O)n3C2)c1. The fourth-order valence-electron chi connectivity index (χ4n) is 2.98. The first-order valence-electron chi connectivity index (χ1n) is 8.33. The molecule has 1 aliphatic heterocycles. The van der Waals surface area contributed by atoms with Gasteiger partial charge in [-0.2, -0.15) is 0 Å². The number of hydrogen-bond acceptors (Lipinski definition) is 6. The first kappa shape index (κ1) is 17.2. The topological polar surface area (TPSA) is 80.7 Å². The standard InChI is InChI=1S/C19H16N4O3S/c1-13-4-2-6-15(8-13)21-11-20-19-22(12-21)18(24)17(27-19)10-14-5-3-7-16(9-14)23(25)26/h2-10H,11-12H2,1H3/b17-10-. The highest BCUT2D eigenvalue weighted by molar-refractivity contribution is 7.07. The second-order valence-electron chi connectivity index (χ2n) is 6.30. The molecular formula is C19H16N4O3S. The molecule has 3 aromatic rings. The maximum absolute atomic E-state index is 12.8. The lowest BCUT2D eigenvalue weighted by molar-refractivity contribution is -0.384. The van der Waals surface area contributed by atoms with Gasteiger partial charge in [-0.25, -0.2) is 4.99 Å². The molecule has 0 bridgehead atoms. The Balaban J connectivity index is 1.72. The zero-order valence-electron chi connectivity index (χ0n) is 14.5. The van der Waals surface area contributed by atoms with Crippen molar-refractivity contribution in [2.45, 2.75) is 13.6 Å². The van der Waals surface area contributed by atoms with Crippen LogP contribution in [0.2, 0.25) is 0 Å². The summed E-state index contributed by atoms with van der Waals surface area (Å²) in [7, 11) is 0. The van der Waals surface area contributed by atoms with Gasteiger partial charge in [0.2, 0.25) is 0 Å². The minimum Gasteiger partial charge on any atom is -0.334 e. The average Bonchev–Trinajstić information content (AvgIpc) is 2.97. The van der Waals surface area contributed by atoms with E-state index in [1.807, 2.05) is 30.0 Å². The number of hydrogen-bond donors (Lipinski definition) is 0. The molecule has 0 saturated heterocycles. The Morgan fingerprint density at radius 3 is 2.81 bits per heavy atom. The van der Waals surface area contributed by atoms with Crippen LogP contribution in [-0.4, -0.2) is 16.2 Å². The van der Waals surface area contributed by atoms with Gasteiger partial charge in [0.25, 0.3) is 11.2 Å². The molecule has 1 aromatic heterocycles. The number of nitro groups is 1. The molecule has 8 heteroatoms. The van der Waals surface area contributed by atoms with Gasteiger partial charge in [0.1, 0.15) is 13.3 Å². The second-order valence-corrected chi connectivity index (χ2v) is 7.31. The number of nitrogens with zero attached hydrogens (tertiary/aromatic N) is 4. The first-order valence-corrected chi connectivity index (χ1v) is 9.15. The Hall–Kier alpha value is -3.26. The van der Waals surface area contributed by atoms with Gasteiger partial charge in [0.05, 0.1) is 9.46 Å². The molecule has 0 fully saturated rings. The summed E-state index contributed by atoms with van der Waals surface area (Å²) in [4.78, 5) is 30.5. The minimum absolute atomic E-state index is 0.000446. The summed E-state index contributed by atoms with van der Waals surface area (Å²) in [6.45, 7) is 2.94. The van der Waals surface area contributed by atoms with Crippen molar-refractivity contribution in [2.24, 2.45) is 4.99 Å². The second kappa shape index (κ2) is 6.81. The fraction of sp³-hybridized carbons (Fsp3) is 0.158. The van der Waals surface area contributed by atoms with E-state index >= 15 is 0 Å². The first-order chi connectivity index (χ1) is 13.0. The molecular weight excluding hydrogens is 364 g/mol. The summed E-state index contributed by atoms with van der Waals surface area (Å²) in [5, 5.41) is 10.9.